The predicted molar refractivity (Wildman–Crippen MR) is 48.4 cm³/mol. The molecule has 0 aliphatic carbocycles. The van der Waals surface area contributed by atoms with E-state index in [0.717, 1.165) is 0 Å². The maximum atomic E-state index is 11.9. The Labute approximate surface area is 86.7 Å². The fourth-order valence-electron chi connectivity index (χ4n) is 0.767. The van der Waals surface area contributed by atoms with Crippen molar-refractivity contribution >= 4 is 10.1 Å². The quantitative estimate of drug-likeness (QED) is 0.587. The second-order valence-corrected chi connectivity index (χ2v) is 5.47. The minimum atomic E-state index is -5.49. The number of hydrogen-bond acceptors (Lipinski definition) is 4. The third-order valence-electron chi connectivity index (χ3n) is 1.71. The summed E-state index contributed by atoms with van der Waals surface area (Å²) >= 11 is 0. The number of rotatable bonds is 5. The average Bonchev–Trinajstić information content (AvgIpc) is 1.99. The van der Waals surface area contributed by atoms with E-state index in [1.165, 1.54) is 0 Å². The molecule has 0 radical (unpaired) electrons. The van der Waals surface area contributed by atoms with E-state index in [1.54, 1.807) is 13.8 Å². The molecule has 0 fully saturated rings. The van der Waals surface area contributed by atoms with Crippen LogP contribution in [0.4, 0.5) is 13.2 Å². The van der Waals surface area contributed by atoms with Crippen molar-refractivity contribution in [3.63, 3.8) is 0 Å². The molecule has 0 heterocycles. The molecule has 0 atom stereocenters. The third-order valence-corrected chi connectivity index (χ3v) is 2.70. The molecule has 4 nitrogen and oxygen atoms in total. The fraction of sp³-hybridized carbons (Fsp3) is 1.00. The van der Waals surface area contributed by atoms with Gasteiger partial charge in [0.15, 0.2) is 0 Å². The summed E-state index contributed by atoms with van der Waals surface area (Å²) < 4.78 is 60.5. The molecule has 0 saturated heterocycles. The van der Waals surface area contributed by atoms with E-state index in [1.807, 2.05) is 0 Å². The van der Waals surface area contributed by atoms with Gasteiger partial charge >= 0.3 is 15.6 Å². The van der Waals surface area contributed by atoms with Crippen molar-refractivity contribution < 1.29 is 25.8 Å². The lowest BCUT2D eigenvalue weighted by Crippen LogP contribution is -2.31. The minimum Gasteiger partial charge on any atom is -0.330 e. The molecular weight excluding hydrogens is 235 g/mol. The van der Waals surface area contributed by atoms with Gasteiger partial charge in [0.2, 0.25) is 0 Å². The first-order valence-electron chi connectivity index (χ1n) is 4.18. The lowest BCUT2D eigenvalue weighted by atomic mass is 9.91. The van der Waals surface area contributed by atoms with Gasteiger partial charge in [-0.3, -0.25) is 4.18 Å². The van der Waals surface area contributed by atoms with Crippen LogP contribution < -0.4 is 5.73 Å². The summed E-state index contributed by atoms with van der Waals surface area (Å²) in [5, 5.41) is 0. The van der Waals surface area contributed by atoms with Gasteiger partial charge in [0.05, 0.1) is 6.61 Å². The van der Waals surface area contributed by atoms with E-state index in [9.17, 15) is 21.6 Å². The highest BCUT2D eigenvalue weighted by Gasteiger charge is 2.47. The minimum absolute atomic E-state index is 0.252. The van der Waals surface area contributed by atoms with E-state index in [4.69, 9.17) is 5.73 Å². The standard InChI is InChI=1S/C7H14F3NO3S/c1-6(2,3-4-11)5-14-15(12,13)7(8,9)10/h3-5,11H2,1-2H3. The summed E-state index contributed by atoms with van der Waals surface area (Å²) in [6.07, 6.45) is 0.375. The van der Waals surface area contributed by atoms with Gasteiger partial charge in [0, 0.05) is 0 Å². The highest BCUT2D eigenvalue weighted by molar-refractivity contribution is 7.87. The van der Waals surface area contributed by atoms with Crippen molar-refractivity contribution in [3.05, 3.63) is 0 Å². The lowest BCUT2D eigenvalue weighted by Gasteiger charge is -2.23. The number of alkyl halides is 3. The van der Waals surface area contributed by atoms with Crippen LogP contribution in [0.3, 0.4) is 0 Å². The van der Waals surface area contributed by atoms with E-state index < -0.39 is 27.6 Å². The molecule has 0 bridgehead atoms. The number of hydrogen-bond donors (Lipinski definition) is 1. The van der Waals surface area contributed by atoms with Crippen LogP contribution in [0, 0.1) is 5.41 Å². The van der Waals surface area contributed by atoms with Crippen LogP contribution in [0.1, 0.15) is 20.3 Å². The molecule has 0 saturated carbocycles. The Morgan fingerprint density at radius 1 is 1.27 bits per heavy atom. The van der Waals surface area contributed by atoms with Crippen molar-refractivity contribution in [3.8, 4) is 0 Å². The smallest absolute Gasteiger partial charge is 0.330 e. The van der Waals surface area contributed by atoms with Crippen molar-refractivity contribution in [1.29, 1.82) is 0 Å². The lowest BCUT2D eigenvalue weighted by molar-refractivity contribution is -0.0562. The van der Waals surface area contributed by atoms with Crippen LogP contribution in [-0.4, -0.2) is 27.1 Å². The first-order valence-corrected chi connectivity index (χ1v) is 5.58. The van der Waals surface area contributed by atoms with Crippen LogP contribution in [0.15, 0.2) is 0 Å². The highest BCUT2D eigenvalue weighted by atomic mass is 32.2. The van der Waals surface area contributed by atoms with Crippen molar-refractivity contribution in [2.45, 2.75) is 25.8 Å². The van der Waals surface area contributed by atoms with Gasteiger partial charge in [0.25, 0.3) is 0 Å². The third kappa shape index (κ3) is 4.80. The monoisotopic (exact) mass is 249 g/mol. The summed E-state index contributed by atoms with van der Waals surface area (Å²) in [6.45, 7) is 2.87. The zero-order chi connectivity index (χ0) is 12.3. The van der Waals surface area contributed by atoms with Gasteiger partial charge in [-0.2, -0.15) is 21.6 Å². The molecule has 2 N–H and O–H groups in total. The van der Waals surface area contributed by atoms with Crippen molar-refractivity contribution in [2.75, 3.05) is 13.2 Å². The van der Waals surface area contributed by atoms with Gasteiger partial charge in [0.1, 0.15) is 0 Å². The molecule has 0 aliphatic rings. The Balaban J connectivity index is 4.41. The summed E-state index contributed by atoms with van der Waals surface area (Å²) in [4.78, 5) is 0. The molecule has 0 spiro atoms. The molecule has 0 aromatic heterocycles. The first kappa shape index (κ1) is 14.7. The molecule has 0 unspecified atom stereocenters. The molecule has 92 valence electrons. The summed E-state index contributed by atoms with van der Waals surface area (Å²) in [5.74, 6) is 0. The Morgan fingerprint density at radius 2 is 1.73 bits per heavy atom. The van der Waals surface area contributed by atoms with Gasteiger partial charge in [-0.1, -0.05) is 13.8 Å². The molecule has 0 aliphatic heterocycles. The van der Waals surface area contributed by atoms with Crippen LogP contribution in [0.25, 0.3) is 0 Å². The van der Waals surface area contributed by atoms with Crippen molar-refractivity contribution in [2.24, 2.45) is 11.1 Å². The second-order valence-electron chi connectivity index (χ2n) is 3.86. The topological polar surface area (TPSA) is 69.4 Å². The molecule has 0 aromatic carbocycles. The van der Waals surface area contributed by atoms with Crippen LogP contribution in [0.5, 0.6) is 0 Å². The second kappa shape index (κ2) is 4.67. The molecule has 0 amide bonds. The van der Waals surface area contributed by atoms with Crippen LogP contribution in [-0.2, 0) is 14.3 Å². The van der Waals surface area contributed by atoms with Crippen LogP contribution >= 0.6 is 0 Å². The van der Waals surface area contributed by atoms with E-state index >= 15 is 0 Å². The van der Waals surface area contributed by atoms with Gasteiger partial charge in [-0.25, -0.2) is 0 Å². The molecular formula is C7H14F3NO3S. The van der Waals surface area contributed by atoms with Crippen LogP contribution in [0.2, 0.25) is 0 Å². The molecule has 0 rings (SSSR count). The zero-order valence-corrected chi connectivity index (χ0v) is 9.28. The molecule has 8 heteroatoms. The fourth-order valence-corrected chi connectivity index (χ4v) is 1.37. The Hall–Kier alpha value is -0.340. The number of halogens is 3. The van der Waals surface area contributed by atoms with E-state index in [-0.39, 0.29) is 6.54 Å². The Bertz CT molecular complexity index is 297. The van der Waals surface area contributed by atoms with Gasteiger partial charge in [-0.05, 0) is 18.4 Å². The van der Waals surface area contributed by atoms with E-state index in [2.05, 4.69) is 4.18 Å². The average molecular weight is 249 g/mol. The largest absolute Gasteiger partial charge is 0.523 e. The number of nitrogens with two attached hydrogens (primary N) is 1. The summed E-state index contributed by atoms with van der Waals surface area (Å²) in [5.41, 5.74) is -0.858. The normalized spacial score (nSPS) is 14.3. The molecule has 15 heavy (non-hydrogen) atoms. The SMILES string of the molecule is CC(C)(CCN)COS(=O)(=O)C(F)(F)F. The summed E-state index contributed by atoms with van der Waals surface area (Å²) in [6, 6.07) is 0. The predicted octanol–water partition coefficient (Wildman–Crippen LogP) is 1.23. The Kier molecular flexibility index (Phi) is 4.56. The van der Waals surface area contributed by atoms with Gasteiger partial charge < -0.3 is 5.73 Å². The molecule has 0 aromatic rings. The van der Waals surface area contributed by atoms with E-state index in [0.29, 0.717) is 6.42 Å². The first-order chi connectivity index (χ1) is 6.52. The zero-order valence-electron chi connectivity index (χ0n) is 8.47. The maximum absolute atomic E-state index is 11.9. The van der Waals surface area contributed by atoms with Gasteiger partial charge in [-0.15, -0.1) is 0 Å². The van der Waals surface area contributed by atoms with Crippen molar-refractivity contribution in [1.82, 2.24) is 0 Å². The summed E-state index contributed by atoms with van der Waals surface area (Å²) in [7, 11) is -5.49. The Morgan fingerprint density at radius 3 is 2.07 bits per heavy atom. The highest BCUT2D eigenvalue weighted by Crippen LogP contribution is 2.28. The maximum Gasteiger partial charge on any atom is 0.523 e.